The van der Waals surface area contributed by atoms with Gasteiger partial charge in [-0.05, 0) is 24.6 Å². The lowest BCUT2D eigenvalue weighted by atomic mass is 9.87. The summed E-state index contributed by atoms with van der Waals surface area (Å²) in [5, 5.41) is 2.89. The zero-order valence-corrected chi connectivity index (χ0v) is 16.1. The Morgan fingerprint density at radius 2 is 1.79 bits per heavy atom. The van der Waals surface area contributed by atoms with Crippen LogP contribution in [0, 0.1) is 10.8 Å². The molecule has 1 amide bonds. The summed E-state index contributed by atoms with van der Waals surface area (Å²) in [6.45, 7) is 14.3. The number of aromatic nitrogens is 1. The molecule has 1 N–H and O–H groups in total. The van der Waals surface area contributed by atoms with Crippen LogP contribution in [0.15, 0.2) is 18.3 Å². The maximum atomic E-state index is 12.5. The highest BCUT2D eigenvalue weighted by Gasteiger charge is 2.28. The summed E-state index contributed by atoms with van der Waals surface area (Å²) >= 11 is 0. The minimum Gasteiger partial charge on any atom is -0.351 e. The second kappa shape index (κ2) is 7.88. The quantitative estimate of drug-likeness (QED) is 0.813. The number of carbonyl (C=O) groups excluding carboxylic acids is 2. The molecule has 0 aromatic carbocycles. The molecule has 0 fully saturated rings. The van der Waals surface area contributed by atoms with Crippen LogP contribution in [0.3, 0.4) is 0 Å². The second-order valence-electron chi connectivity index (χ2n) is 8.53. The Morgan fingerprint density at radius 1 is 1.17 bits per heavy atom. The summed E-state index contributed by atoms with van der Waals surface area (Å²) in [7, 11) is 2.04. The summed E-state index contributed by atoms with van der Waals surface area (Å²) in [4.78, 5) is 31.2. The van der Waals surface area contributed by atoms with Gasteiger partial charge in [0.25, 0.3) is 5.91 Å². The van der Waals surface area contributed by atoms with Gasteiger partial charge in [0.2, 0.25) is 0 Å². The van der Waals surface area contributed by atoms with Crippen LogP contribution in [-0.2, 0) is 0 Å². The number of rotatable bonds is 6. The van der Waals surface area contributed by atoms with Gasteiger partial charge in [-0.25, -0.2) is 0 Å². The van der Waals surface area contributed by atoms with Crippen LogP contribution in [0.4, 0.5) is 0 Å². The van der Waals surface area contributed by atoms with E-state index in [1.807, 2.05) is 27.8 Å². The minimum atomic E-state index is -0.573. The van der Waals surface area contributed by atoms with Gasteiger partial charge in [-0.1, -0.05) is 41.5 Å². The molecule has 0 atom stereocenters. The molecule has 0 aliphatic heterocycles. The third-order valence-electron chi connectivity index (χ3n) is 3.47. The molecular weight excluding hydrogens is 302 g/mol. The molecule has 0 aliphatic carbocycles. The highest BCUT2D eigenvalue weighted by molar-refractivity contribution is 6.08. The van der Waals surface area contributed by atoms with Crippen molar-refractivity contribution in [3.63, 3.8) is 0 Å². The van der Waals surface area contributed by atoms with E-state index in [2.05, 4.69) is 36.0 Å². The fraction of sp³-hybridized carbons (Fsp3) is 0.632. The summed E-state index contributed by atoms with van der Waals surface area (Å²) in [6.07, 6.45) is 1.55. The van der Waals surface area contributed by atoms with Gasteiger partial charge in [0, 0.05) is 31.2 Å². The Kier molecular flexibility index (Phi) is 6.67. The fourth-order valence-corrected chi connectivity index (χ4v) is 2.47. The lowest BCUT2D eigenvalue weighted by Crippen LogP contribution is -2.37. The van der Waals surface area contributed by atoms with Crippen LogP contribution in [-0.4, -0.2) is 48.3 Å². The number of nitrogens with one attached hydrogen (secondary N) is 1. The van der Waals surface area contributed by atoms with Crippen molar-refractivity contribution in [2.45, 2.75) is 41.5 Å². The molecular formula is C19H31N3O2. The third kappa shape index (κ3) is 6.40. The first kappa shape index (κ1) is 20.3. The molecule has 0 bridgehead atoms. The molecule has 0 radical (unpaired) electrons. The third-order valence-corrected chi connectivity index (χ3v) is 3.47. The highest BCUT2D eigenvalue weighted by atomic mass is 16.2. The summed E-state index contributed by atoms with van der Waals surface area (Å²) in [5.74, 6) is -0.377. The monoisotopic (exact) mass is 333 g/mol. The molecule has 1 aromatic heterocycles. The first-order valence-corrected chi connectivity index (χ1v) is 8.38. The maximum Gasteiger partial charge on any atom is 0.253 e. The van der Waals surface area contributed by atoms with E-state index in [4.69, 9.17) is 0 Å². The van der Waals surface area contributed by atoms with Gasteiger partial charge in [-0.3, -0.25) is 14.6 Å². The van der Waals surface area contributed by atoms with Gasteiger partial charge >= 0.3 is 0 Å². The average molecular weight is 333 g/mol. The number of amides is 1. The van der Waals surface area contributed by atoms with E-state index in [0.717, 1.165) is 13.1 Å². The van der Waals surface area contributed by atoms with Crippen LogP contribution in [0.25, 0.3) is 0 Å². The summed E-state index contributed by atoms with van der Waals surface area (Å²) < 4.78 is 0. The van der Waals surface area contributed by atoms with Crippen molar-refractivity contribution in [3.8, 4) is 0 Å². The van der Waals surface area contributed by atoms with Crippen molar-refractivity contribution in [1.82, 2.24) is 15.2 Å². The first-order valence-electron chi connectivity index (χ1n) is 8.38. The number of carbonyl (C=O) groups is 2. The Bertz CT molecular complexity index is 583. The molecule has 0 spiro atoms. The van der Waals surface area contributed by atoms with Crippen LogP contribution < -0.4 is 5.32 Å². The Morgan fingerprint density at radius 3 is 2.33 bits per heavy atom. The average Bonchev–Trinajstić information content (AvgIpc) is 2.43. The van der Waals surface area contributed by atoms with Gasteiger partial charge in [0.1, 0.15) is 5.69 Å². The van der Waals surface area contributed by atoms with Gasteiger partial charge in [0.15, 0.2) is 5.78 Å². The maximum absolute atomic E-state index is 12.5. The van der Waals surface area contributed by atoms with Crippen molar-refractivity contribution in [1.29, 1.82) is 0 Å². The van der Waals surface area contributed by atoms with Crippen LogP contribution in [0.5, 0.6) is 0 Å². The molecule has 1 heterocycles. The Balaban J connectivity index is 2.71. The van der Waals surface area contributed by atoms with Crippen molar-refractivity contribution in [2.24, 2.45) is 10.8 Å². The van der Waals surface area contributed by atoms with Crippen molar-refractivity contribution < 1.29 is 9.59 Å². The van der Waals surface area contributed by atoms with Gasteiger partial charge < -0.3 is 10.2 Å². The first-order chi connectivity index (χ1) is 10.9. The van der Waals surface area contributed by atoms with E-state index in [1.165, 1.54) is 0 Å². The predicted molar refractivity (Wildman–Crippen MR) is 97.3 cm³/mol. The van der Waals surface area contributed by atoms with E-state index in [1.54, 1.807) is 18.3 Å². The van der Waals surface area contributed by atoms with E-state index in [9.17, 15) is 9.59 Å². The van der Waals surface area contributed by atoms with E-state index < -0.39 is 5.41 Å². The van der Waals surface area contributed by atoms with Gasteiger partial charge in [-0.15, -0.1) is 0 Å². The summed E-state index contributed by atoms with van der Waals surface area (Å²) in [5.41, 5.74) is 0.228. The van der Waals surface area contributed by atoms with Crippen molar-refractivity contribution in [3.05, 3.63) is 29.6 Å². The number of pyridine rings is 1. The molecule has 0 saturated heterocycles. The highest BCUT2D eigenvalue weighted by Crippen LogP contribution is 2.21. The van der Waals surface area contributed by atoms with Crippen molar-refractivity contribution in [2.75, 3.05) is 26.7 Å². The molecule has 134 valence electrons. The molecule has 5 nitrogen and oxygen atoms in total. The van der Waals surface area contributed by atoms with Crippen LogP contribution in [0.2, 0.25) is 0 Å². The summed E-state index contributed by atoms with van der Waals surface area (Å²) in [6, 6.07) is 3.33. The lowest BCUT2D eigenvalue weighted by Gasteiger charge is -2.26. The molecule has 0 aliphatic rings. The second-order valence-corrected chi connectivity index (χ2v) is 8.53. The zero-order chi connectivity index (χ0) is 18.5. The molecule has 0 saturated carbocycles. The largest absolute Gasteiger partial charge is 0.351 e. The van der Waals surface area contributed by atoms with Gasteiger partial charge in [-0.2, -0.15) is 0 Å². The number of nitrogens with zero attached hydrogens (tertiary/aromatic N) is 2. The van der Waals surface area contributed by atoms with E-state index >= 15 is 0 Å². The molecule has 5 heteroatoms. The Labute approximate surface area is 145 Å². The fourth-order valence-electron chi connectivity index (χ4n) is 2.47. The lowest BCUT2D eigenvalue weighted by molar-refractivity contribution is 0.0841. The number of hydrogen-bond acceptors (Lipinski definition) is 4. The molecule has 24 heavy (non-hydrogen) atoms. The number of likely N-dealkylation sites (N-methyl/N-ethyl adjacent to an activating group) is 1. The number of Topliss-reactive ketones (excluding diaryl/α,β-unsaturated/α-hetero) is 1. The normalized spacial score (nSPS) is 12.3. The van der Waals surface area contributed by atoms with Gasteiger partial charge in [0.05, 0.1) is 5.56 Å². The van der Waals surface area contributed by atoms with Crippen molar-refractivity contribution >= 4 is 11.7 Å². The molecule has 1 rings (SSSR count). The predicted octanol–water partition coefficient (Wildman–Crippen LogP) is 3.02. The van der Waals surface area contributed by atoms with E-state index in [0.29, 0.717) is 12.1 Å². The number of hydrogen-bond donors (Lipinski definition) is 1. The van der Waals surface area contributed by atoms with Crippen LogP contribution >= 0.6 is 0 Å². The zero-order valence-electron chi connectivity index (χ0n) is 16.1. The van der Waals surface area contributed by atoms with Crippen LogP contribution in [0.1, 0.15) is 62.4 Å². The van der Waals surface area contributed by atoms with E-state index in [-0.39, 0.29) is 22.8 Å². The standard InChI is InChI=1S/C19H31N3O2/c1-18(2,3)13-22(7)12-11-21-17(24)14-9-8-10-20-15(14)16(23)19(4,5)6/h8-10H,11-13H2,1-7H3,(H,21,24). The SMILES string of the molecule is CN(CCNC(=O)c1cccnc1C(=O)C(C)(C)C)CC(C)(C)C. The number of ketones is 1. The molecule has 1 aromatic rings. The smallest absolute Gasteiger partial charge is 0.253 e. The minimum absolute atomic E-state index is 0.127. The molecule has 0 unspecified atom stereocenters. The topological polar surface area (TPSA) is 62.3 Å². The Hall–Kier alpha value is -1.75.